The first-order valence-electron chi connectivity index (χ1n) is 11.1. The van der Waals surface area contributed by atoms with Crippen molar-refractivity contribution in [3.05, 3.63) is 138 Å². The molecule has 0 spiro atoms. The molecule has 3 heteroatoms. The van der Waals surface area contributed by atoms with Crippen LogP contribution >= 0.6 is 0 Å². The molecule has 3 nitrogen and oxygen atoms in total. The molecule has 162 valence electrons. The molecule has 0 saturated carbocycles. The lowest BCUT2D eigenvalue weighted by Crippen LogP contribution is -2.25. The van der Waals surface area contributed by atoms with Crippen LogP contribution in [0.1, 0.15) is 40.8 Å². The normalized spacial score (nSPS) is 12.8. The molecule has 32 heavy (non-hydrogen) atoms. The van der Waals surface area contributed by atoms with Gasteiger partial charge in [-0.25, -0.2) is 0 Å². The topological polar surface area (TPSA) is 47.3 Å². The van der Waals surface area contributed by atoms with E-state index in [1.54, 1.807) is 0 Å². The van der Waals surface area contributed by atoms with Crippen molar-refractivity contribution in [1.82, 2.24) is 5.32 Å². The van der Waals surface area contributed by atoms with Gasteiger partial charge in [-0.3, -0.25) is 0 Å². The minimum absolute atomic E-state index is 0.0253. The summed E-state index contributed by atoms with van der Waals surface area (Å²) >= 11 is 0. The highest BCUT2D eigenvalue weighted by Gasteiger charge is 2.16. The number of nitrogens with one attached hydrogen (secondary N) is 1. The maximum atomic E-state index is 6.55. The van der Waals surface area contributed by atoms with E-state index in [2.05, 4.69) is 66.0 Å². The summed E-state index contributed by atoms with van der Waals surface area (Å²) < 4.78 is 5.91. The van der Waals surface area contributed by atoms with Gasteiger partial charge in [0.2, 0.25) is 0 Å². The molecule has 4 aromatic rings. The molecule has 0 heterocycles. The third-order valence-electron chi connectivity index (χ3n) is 5.64. The highest BCUT2D eigenvalue weighted by molar-refractivity contribution is 5.28. The van der Waals surface area contributed by atoms with Crippen LogP contribution in [0.5, 0.6) is 5.75 Å². The Morgan fingerprint density at radius 3 is 1.81 bits per heavy atom. The number of rotatable bonds is 10. The molecule has 0 aromatic heterocycles. The van der Waals surface area contributed by atoms with Crippen molar-refractivity contribution in [1.29, 1.82) is 0 Å². The van der Waals surface area contributed by atoms with Gasteiger partial charge in [-0.1, -0.05) is 103 Å². The number of benzene rings is 4. The summed E-state index contributed by atoms with van der Waals surface area (Å²) in [5.41, 5.74) is 11.3. The molecule has 4 aromatic carbocycles. The lowest BCUT2D eigenvalue weighted by atomic mass is 9.95. The Bertz CT molecular complexity index is 1050. The quantitative estimate of drug-likeness (QED) is 0.320. The fourth-order valence-corrected chi connectivity index (χ4v) is 3.80. The molecule has 0 aliphatic heterocycles. The summed E-state index contributed by atoms with van der Waals surface area (Å²) in [4.78, 5) is 0. The number of hydrogen-bond acceptors (Lipinski definition) is 3. The first-order valence-corrected chi connectivity index (χ1v) is 11.1. The Hall–Kier alpha value is -3.40. The predicted octanol–water partition coefficient (Wildman–Crippen LogP) is 6.19. The molecular weight excluding hydrogens is 392 g/mol. The van der Waals surface area contributed by atoms with Gasteiger partial charge in [0.1, 0.15) is 12.4 Å². The Labute approximate surface area is 190 Å². The molecule has 0 radical (unpaired) electrons. The van der Waals surface area contributed by atoms with Crippen LogP contribution in [-0.2, 0) is 13.2 Å². The largest absolute Gasteiger partial charge is 0.489 e. The van der Waals surface area contributed by atoms with Crippen LogP contribution < -0.4 is 15.8 Å². The molecule has 0 aliphatic rings. The van der Waals surface area contributed by atoms with Crippen molar-refractivity contribution in [2.45, 2.75) is 31.7 Å². The SMILES string of the molecule is NC(CC(NCc1ccc(OCc2ccccc2)cc1)c1ccccc1)c1ccccc1. The van der Waals surface area contributed by atoms with Crippen LogP contribution in [0.2, 0.25) is 0 Å². The van der Waals surface area contributed by atoms with Crippen molar-refractivity contribution in [3.8, 4) is 5.75 Å². The zero-order valence-corrected chi connectivity index (χ0v) is 18.2. The molecule has 0 amide bonds. The van der Waals surface area contributed by atoms with Gasteiger partial charge in [-0.2, -0.15) is 0 Å². The highest BCUT2D eigenvalue weighted by atomic mass is 16.5. The van der Waals surface area contributed by atoms with E-state index in [0.717, 1.165) is 24.3 Å². The molecule has 0 bridgehead atoms. The van der Waals surface area contributed by atoms with Crippen molar-refractivity contribution < 1.29 is 4.74 Å². The summed E-state index contributed by atoms with van der Waals surface area (Å²) in [6.45, 7) is 1.34. The Kier molecular flexibility index (Phi) is 7.69. The van der Waals surface area contributed by atoms with Gasteiger partial charge >= 0.3 is 0 Å². The number of nitrogens with two attached hydrogens (primary N) is 1. The average molecular weight is 423 g/mol. The zero-order valence-electron chi connectivity index (χ0n) is 18.2. The molecule has 2 unspecified atom stereocenters. The summed E-state index contributed by atoms with van der Waals surface area (Å²) in [7, 11) is 0. The van der Waals surface area contributed by atoms with Crippen LogP contribution in [-0.4, -0.2) is 0 Å². The molecule has 2 atom stereocenters. The van der Waals surface area contributed by atoms with Gasteiger partial charge in [0, 0.05) is 18.6 Å². The van der Waals surface area contributed by atoms with E-state index < -0.39 is 0 Å². The predicted molar refractivity (Wildman–Crippen MR) is 131 cm³/mol. The fourth-order valence-electron chi connectivity index (χ4n) is 3.80. The van der Waals surface area contributed by atoms with E-state index >= 15 is 0 Å². The van der Waals surface area contributed by atoms with Crippen molar-refractivity contribution in [3.63, 3.8) is 0 Å². The number of hydrogen-bond donors (Lipinski definition) is 2. The van der Waals surface area contributed by atoms with Gasteiger partial charge < -0.3 is 15.8 Å². The van der Waals surface area contributed by atoms with E-state index in [4.69, 9.17) is 10.5 Å². The monoisotopic (exact) mass is 422 g/mol. The molecule has 3 N–H and O–H groups in total. The zero-order chi connectivity index (χ0) is 22.0. The summed E-state index contributed by atoms with van der Waals surface area (Å²) in [6, 6.07) is 39.5. The van der Waals surface area contributed by atoms with Crippen LogP contribution in [0.4, 0.5) is 0 Å². The molecule has 0 saturated heterocycles. The first kappa shape index (κ1) is 21.8. The maximum Gasteiger partial charge on any atom is 0.119 e. The van der Waals surface area contributed by atoms with Crippen LogP contribution in [0.25, 0.3) is 0 Å². The first-order chi connectivity index (χ1) is 15.8. The average Bonchev–Trinajstić information content (AvgIpc) is 2.87. The standard InChI is InChI=1S/C29H30N2O/c30-28(25-12-6-2-7-13-25)20-29(26-14-8-3-9-15-26)31-21-23-16-18-27(19-17-23)32-22-24-10-4-1-5-11-24/h1-19,28-29,31H,20-22,30H2. The molecule has 0 aliphatic carbocycles. The Morgan fingerprint density at radius 2 is 1.19 bits per heavy atom. The summed E-state index contributed by atoms with van der Waals surface area (Å²) in [5, 5.41) is 3.71. The van der Waals surface area contributed by atoms with Crippen LogP contribution in [0.3, 0.4) is 0 Å². The lowest BCUT2D eigenvalue weighted by molar-refractivity contribution is 0.306. The molecular formula is C29H30N2O. The second-order valence-electron chi connectivity index (χ2n) is 8.02. The van der Waals surface area contributed by atoms with Gasteiger partial charge in [0.25, 0.3) is 0 Å². The van der Waals surface area contributed by atoms with Crippen molar-refractivity contribution >= 4 is 0 Å². The van der Waals surface area contributed by atoms with E-state index in [9.17, 15) is 0 Å². The summed E-state index contributed by atoms with van der Waals surface area (Å²) in [5.74, 6) is 0.878. The molecule has 4 rings (SSSR count). The number of ether oxygens (including phenoxy) is 1. The maximum absolute atomic E-state index is 6.55. The van der Waals surface area contributed by atoms with Crippen molar-refractivity contribution in [2.24, 2.45) is 5.73 Å². The van der Waals surface area contributed by atoms with E-state index in [1.807, 2.05) is 54.6 Å². The Balaban J connectivity index is 1.37. The van der Waals surface area contributed by atoms with Crippen LogP contribution in [0.15, 0.2) is 115 Å². The molecule has 0 fully saturated rings. The second kappa shape index (κ2) is 11.3. The van der Waals surface area contributed by atoms with Crippen molar-refractivity contribution in [2.75, 3.05) is 0 Å². The lowest BCUT2D eigenvalue weighted by Gasteiger charge is -2.23. The van der Waals surface area contributed by atoms with Gasteiger partial charge in [0.05, 0.1) is 0 Å². The highest BCUT2D eigenvalue weighted by Crippen LogP contribution is 2.25. The third-order valence-corrected chi connectivity index (χ3v) is 5.64. The summed E-state index contributed by atoms with van der Waals surface area (Å²) in [6.07, 6.45) is 0.826. The van der Waals surface area contributed by atoms with E-state index in [0.29, 0.717) is 6.61 Å². The third kappa shape index (κ3) is 6.30. The van der Waals surface area contributed by atoms with E-state index in [-0.39, 0.29) is 12.1 Å². The van der Waals surface area contributed by atoms with Crippen LogP contribution in [0, 0.1) is 0 Å². The Morgan fingerprint density at radius 1 is 0.625 bits per heavy atom. The van der Waals surface area contributed by atoms with Gasteiger partial charge in [0.15, 0.2) is 0 Å². The van der Waals surface area contributed by atoms with E-state index in [1.165, 1.54) is 16.7 Å². The fraction of sp³-hybridized carbons (Fsp3) is 0.172. The second-order valence-corrected chi connectivity index (χ2v) is 8.02. The minimum Gasteiger partial charge on any atom is -0.489 e. The van der Waals surface area contributed by atoms with Gasteiger partial charge in [-0.05, 0) is 40.8 Å². The smallest absolute Gasteiger partial charge is 0.119 e. The minimum atomic E-state index is -0.0253. The van der Waals surface area contributed by atoms with Gasteiger partial charge in [-0.15, -0.1) is 0 Å².